The molecule has 0 atom stereocenters. The van der Waals surface area contributed by atoms with Crippen molar-refractivity contribution < 1.29 is 12.8 Å². The summed E-state index contributed by atoms with van der Waals surface area (Å²) in [6.45, 7) is 3.51. The average Bonchev–Trinajstić information content (AvgIpc) is 2.28. The minimum atomic E-state index is -3.65. The molecule has 0 fully saturated rings. The van der Waals surface area contributed by atoms with Crippen LogP contribution in [-0.2, 0) is 10.0 Å². The minimum absolute atomic E-state index is 0.0303. The maximum absolute atomic E-state index is 12.7. The zero-order valence-electron chi connectivity index (χ0n) is 9.64. The van der Waals surface area contributed by atoms with Crippen molar-refractivity contribution in [3.05, 3.63) is 54.0 Å². The van der Waals surface area contributed by atoms with Crippen LogP contribution in [-0.4, -0.2) is 8.42 Å². The van der Waals surface area contributed by atoms with E-state index >= 15 is 0 Å². The van der Waals surface area contributed by atoms with Gasteiger partial charge in [0.1, 0.15) is 5.82 Å². The molecule has 5 heteroatoms. The lowest BCUT2D eigenvalue weighted by molar-refractivity contribution is 0.588. The standard InChI is InChI=1S/C12H14FNO2S/c1-3-5-11(4-2)14-17(15,16)12-8-6-10(13)7-9-12/h3-9,14H,1-2H3. The molecular weight excluding hydrogens is 241 g/mol. The summed E-state index contributed by atoms with van der Waals surface area (Å²) < 4.78 is 38.8. The lowest BCUT2D eigenvalue weighted by atomic mass is 10.4. The Morgan fingerprint density at radius 1 is 1.24 bits per heavy atom. The average molecular weight is 255 g/mol. The molecule has 0 aliphatic rings. The van der Waals surface area contributed by atoms with Gasteiger partial charge in [-0.3, -0.25) is 4.72 Å². The zero-order valence-corrected chi connectivity index (χ0v) is 10.5. The van der Waals surface area contributed by atoms with Gasteiger partial charge in [0.05, 0.1) is 4.90 Å². The number of halogens is 1. The van der Waals surface area contributed by atoms with Gasteiger partial charge in [0.15, 0.2) is 0 Å². The third-order valence-electron chi connectivity index (χ3n) is 2.03. The van der Waals surface area contributed by atoms with Gasteiger partial charge in [-0.2, -0.15) is 0 Å². The Hall–Kier alpha value is -1.62. The number of rotatable bonds is 4. The number of allylic oxidation sites excluding steroid dienone is 3. The molecule has 0 heterocycles. The first-order valence-corrected chi connectivity index (χ1v) is 6.55. The molecule has 0 amide bonds. The molecule has 1 aromatic rings. The minimum Gasteiger partial charge on any atom is -0.280 e. The molecule has 0 spiro atoms. The lowest BCUT2D eigenvalue weighted by Crippen LogP contribution is -2.22. The highest BCUT2D eigenvalue weighted by Crippen LogP contribution is 2.11. The summed E-state index contributed by atoms with van der Waals surface area (Å²) in [5.74, 6) is -0.469. The fourth-order valence-corrected chi connectivity index (χ4v) is 2.30. The van der Waals surface area contributed by atoms with Crippen LogP contribution in [0.15, 0.2) is 53.1 Å². The van der Waals surface area contributed by atoms with Crippen LogP contribution in [0.25, 0.3) is 0 Å². The first kappa shape index (κ1) is 13.4. The van der Waals surface area contributed by atoms with Crippen molar-refractivity contribution in [2.75, 3.05) is 0 Å². The van der Waals surface area contributed by atoms with E-state index in [1.807, 2.05) is 0 Å². The maximum Gasteiger partial charge on any atom is 0.261 e. The summed E-state index contributed by atoms with van der Waals surface area (Å²) in [5, 5.41) is 0. The Morgan fingerprint density at radius 3 is 2.29 bits per heavy atom. The van der Waals surface area contributed by atoms with Crippen molar-refractivity contribution in [3.63, 3.8) is 0 Å². The molecule has 0 radical (unpaired) electrons. The van der Waals surface area contributed by atoms with Crippen LogP contribution in [0.4, 0.5) is 4.39 Å². The van der Waals surface area contributed by atoms with Gasteiger partial charge in [-0.15, -0.1) is 0 Å². The van der Waals surface area contributed by atoms with Gasteiger partial charge in [-0.05, 0) is 44.2 Å². The predicted molar refractivity (Wildman–Crippen MR) is 65.3 cm³/mol. The highest BCUT2D eigenvalue weighted by molar-refractivity contribution is 7.89. The molecule has 0 aromatic heterocycles. The largest absolute Gasteiger partial charge is 0.280 e. The van der Waals surface area contributed by atoms with Crippen molar-refractivity contribution in [2.45, 2.75) is 18.7 Å². The van der Waals surface area contributed by atoms with Crippen LogP contribution in [0.2, 0.25) is 0 Å². The van der Waals surface area contributed by atoms with Crippen molar-refractivity contribution >= 4 is 10.0 Å². The van der Waals surface area contributed by atoms with Crippen LogP contribution in [0.1, 0.15) is 13.8 Å². The van der Waals surface area contributed by atoms with Gasteiger partial charge in [0.25, 0.3) is 10.0 Å². The lowest BCUT2D eigenvalue weighted by Gasteiger charge is -2.08. The number of sulfonamides is 1. The van der Waals surface area contributed by atoms with Crippen LogP contribution < -0.4 is 4.72 Å². The molecule has 0 unspecified atom stereocenters. The Bertz CT molecular complexity index is 530. The Balaban J connectivity index is 3.00. The van der Waals surface area contributed by atoms with Gasteiger partial charge >= 0.3 is 0 Å². The molecule has 1 rings (SSSR count). The van der Waals surface area contributed by atoms with E-state index in [9.17, 15) is 12.8 Å². The number of hydrogen-bond donors (Lipinski definition) is 1. The fourth-order valence-electron chi connectivity index (χ4n) is 1.20. The first-order valence-electron chi connectivity index (χ1n) is 5.07. The molecule has 92 valence electrons. The monoisotopic (exact) mass is 255 g/mol. The van der Waals surface area contributed by atoms with E-state index in [2.05, 4.69) is 4.72 Å². The number of nitrogens with one attached hydrogen (secondary N) is 1. The van der Waals surface area contributed by atoms with E-state index in [1.54, 1.807) is 32.1 Å². The van der Waals surface area contributed by atoms with E-state index in [-0.39, 0.29) is 4.90 Å². The Labute approximate surface area is 101 Å². The molecule has 1 N–H and O–H groups in total. The number of hydrogen-bond acceptors (Lipinski definition) is 2. The Kier molecular flexibility index (Phi) is 4.45. The van der Waals surface area contributed by atoms with Crippen molar-refractivity contribution in [1.29, 1.82) is 0 Å². The topological polar surface area (TPSA) is 46.2 Å². The summed E-state index contributed by atoms with van der Waals surface area (Å²) in [5.41, 5.74) is 0.469. The van der Waals surface area contributed by atoms with Crippen molar-refractivity contribution in [1.82, 2.24) is 4.72 Å². The van der Waals surface area contributed by atoms with Crippen molar-refractivity contribution in [2.24, 2.45) is 0 Å². The number of benzene rings is 1. The molecule has 17 heavy (non-hydrogen) atoms. The van der Waals surface area contributed by atoms with Crippen LogP contribution in [0, 0.1) is 5.82 Å². The van der Waals surface area contributed by atoms with E-state index < -0.39 is 15.8 Å². The van der Waals surface area contributed by atoms with Crippen molar-refractivity contribution in [3.8, 4) is 0 Å². The van der Waals surface area contributed by atoms with Gasteiger partial charge in [0, 0.05) is 5.70 Å². The predicted octanol–water partition coefficient (Wildman–Crippen LogP) is 2.58. The molecule has 0 bridgehead atoms. The molecule has 0 aliphatic heterocycles. The second-order valence-electron chi connectivity index (χ2n) is 3.30. The van der Waals surface area contributed by atoms with Crippen LogP contribution in [0.5, 0.6) is 0 Å². The molecular formula is C12H14FNO2S. The molecule has 1 aromatic carbocycles. The Morgan fingerprint density at radius 2 is 1.82 bits per heavy atom. The molecule has 0 saturated heterocycles. The highest BCUT2D eigenvalue weighted by atomic mass is 32.2. The van der Waals surface area contributed by atoms with Crippen LogP contribution >= 0.6 is 0 Å². The van der Waals surface area contributed by atoms with E-state index in [1.165, 1.54) is 12.1 Å². The molecule has 0 saturated carbocycles. The summed E-state index contributed by atoms with van der Waals surface area (Å²) in [4.78, 5) is 0.0303. The van der Waals surface area contributed by atoms with E-state index in [0.29, 0.717) is 5.70 Å². The summed E-state index contributed by atoms with van der Waals surface area (Å²) in [6.07, 6.45) is 5.00. The smallest absolute Gasteiger partial charge is 0.261 e. The third kappa shape index (κ3) is 3.71. The SMILES string of the molecule is CC=CC(=CC)NS(=O)(=O)c1ccc(F)cc1. The molecule has 0 aliphatic carbocycles. The third-order valence-corrected chi connectivity index (χ3v) is 3.43. The van der Waals surface area contributed by atoms with E-state index in [0.717, 1.165) is 12.1 Å². The van der Waals surface area contributed by atoms with Gasteiger partial charge in [-0.1, -0.05) is 12.2 Å². The van der Waals surface area contributed by atoms with Gasteiger partial charge in [0.2, 0.25) is 0 Å². The van der Waals surface area contributed by atoms with E-state index in [4.69, 9.17) is 0 Å². The zero-order chi connectivity index (χ0) is 12.9. The molecule has 3 nitrogen and oxygen atoms in total. The summed E-state index contributed by atoms with van der Waals surface area (Å²) >= 11 is 0. The van der Waals surface area contributed by atoms with Crippen LogP contribution in [0.3, 0.4) is 0 Å². The summed E-state index contributed by atoms with van der Waals surface area (Å²) in [7, 11) is -3.65. The second-order valence-corrected chi connectivity index (χ2v) is 4.99. The van der Waals surface area contributed by atoms with Gasteiger partial charge < -0.3 is 0 Å². The normalized spacial score (nSPS) is 13.0. The maximum atomic E-state index is 12.7. The quantitative estimate of drug-likeness (QED) is 0.840. The first-order chi connectivity index (χ1) is 7.99. The highest BCUT2D eigenvalue weighted by Gasteiger charge is 2.13. The van der Waals surface area contributed by atoms with Gasteiger partial charge in [-0.25, -0.2) is 12.8 Å². The second kappa shape index (κ2) is 5.63. The fraction of sp³-hybridized carbons (Fsp3) is 0.167. The summed E-state index contributed by atoms with van der Waals surface area (Å²) in [6, 6.07) is 4.67.